The highest BCUT2D eigenvalue weighted by molar-refractivity contribution is 7.99. The van der Waals surface area contributed by atoms with E-state index in [-0.39, 0.29) is 0 Å². The molecule has 0 fully saturated rings. The third-order valence-electron chi connectivity index (χ3n) is 2.10. The zero-order chi connectivity index (χ0) is 11.8. The van der Waals surface area contributed by atoms with Crippen LogP contribution in [0, 0.1) is 0 Å². The van der Waals surface area contributed by atoms with Crippen LogP contribution >= 0.6 is 23.5 Å². The number of ether oxygens (including phenoxy) is 1. The molecule has 0 N–H and O–H groups in total. The summed E-state index contributed by atoms with van der Waals surface area (Å²) in [5.41, 5.74) is 0. The monoisotopic (exact) mass is 264 g/mol. The third kappa shape index (κ3) is 4.86. The van der Waals surface area contributed by atoms with Crippen molar-refractivity contribution in [2.45, 2.75) is 9.79 Å². The van der Waals surface area contributed by atoms with Crippen LogP contribution in [0.15, 0.2) is 70.5 Å². The van der Waals surface area contributed by atoms with Crippen molar-refractivity contribution in [2.75, 3.05) is 11.9 Å². The van der Waals surface area contributed by atoms with E-state index in [2.05, 4.69) is 24.3 Å². The van der Waals surface area contributed by atoms with Gasteiger partial charge in [-0.15, -0.1) is 0 Å². The van der Waals surface area contributed by atoms with E-state index in [9.17, 15) is 0 Å². The zero-order valence-corrected chi connectivity index (χ0v) is 11.0. The van der Waals surface area contributed by atoms with Crippen LogP contribution in [0.1, 0.15) is 0 Å². The predicted octanol–water partition coefficient (Wildman–Crippen LogP) is 4.50. The summed E-state index contributed by atoms with van der Waals surface area (Å²) in [4.78, 5) is 2.49. The van der Waals surface area contributed by atoms with Crippen molar-refractivity contribution >= 4 is 23.5 Å². The molecule has 0 radical (unpaired) electrons. The first-order valence-corrected chi connectivity index (χ1v) is 7.36. The van der Waals surface area contributed by atoms with Gasteiger partial charge >= 0.3 is 0 Å². The number of hydrogen-bond donors (Lipinski definition) is 0. The standard InChI is InChI=1S/C14H14OS2/c1-3-7-13(8-4-1)16-11-15-12-17-14-9-5-2-6-10-14/h1-10H,11-12H2/i11+1,12+1. The van der Waals surface area contributed by atoms with Crippen LogP contribution in [0.2, 0.25) is 0 Å². The van der Waals surface area contributed by atoms with Crippen LogP contribution < -0.4 is 0 Å². The van der Waals surface area contributed by atoms with E-state index in [0.717, 1.165) is 0 Å². The molecule has 0 aromatic heterocycles. The second kappa shape index (κ2) is 7.43. The van der Waals surface area contributed by atoms with Crippen molar-refractivity contribution in [3.05, 3.63) is 60.7 Å². The first kappa shape index (κ1) is 12.6. The Morgan fingerprint density at radius 2 is 1.06 bits per heavy atom. The first-order chi connectivity index (χ1) is 8.45. The molecule has 2 rings (SSSR count). The van der Waals surface area contributed by atoms with Gasteiger partial charge in [-0.25, -0.2) is 0 Å². The van der Waals surface area contributed by atoms with Crippen molar-refractivity contribution < 1.29 is 4.74 Å². The summed E-state index contributed by atoms with van der Waals surface area (Å²) in [6.45, 7) is 0. The number of rotatable bonds is 6. The molecule has 2 aromatic carbocycles. The number of thioether (sulfide) groups is 2. The topological polar surface area (TPSA) is 9.23 Å². The second-order valence-electron chi connectivity index (χ2n) is 3.35. The Hall–Kier alpha value is -0.900. The smallest absolute Gasteiger partial charge is 0.0978 e. The van der Waals surface area contributed by atoms with E-state index in [4.69, 9.17) is 4.74 Å². The maximum Gasteiger partial charge on any atom is 0.0978 e. The number of benzene rings is 2. The minimum absolute atomic E-state index is 0.698. The van der Waals surface area contributed by atoms with E-state index in [1.165, 1.54) is 9.79 Å². The lowest BCUT2D eigenvalue weighted by molar-refractivity contribution is 0.240. The molecule has 0 saturated heterocycles. The predicted molar refractivity (Wildman–Crippen MR) is 75.4 cm³/mol. The molecule has 0 atom stereocenters. The van der Waals surface area contributed by atoms with Gasteiger partial charge in [0.25, 0.3) is 0 Å². The van der Waals surface area contributed by atoms with Gasteiger partial charge < -0.3 is 4.74 Å². The summed E-state index contributed by atoms with van der Waals surface area (Å²) < 4.78 is 5.57. The first-order valence-electron chi connectivity index (χ1n) is 5.38. The molecule has 0 heterocycles. The average molecular weight is 264 g/mol. The van der Waals surface area contributed by atoms with Gasteiger partial charge in [-0.1, -0.05) is 59.9 Å². The highest BCUT2D eigenvalue weighted by Crippen LogP contribution is 2.20. The third-order valence-corrected chi connectivity index (χ3v) is 3.88. The molecule has 88 valence electrons. The van der Waals surface area contributed by atoms with Gasteiger partial charge in [0.2, 0.25) is 0 Å². The van der Waals surface area contributed by atoms with E-state index in [1.807, 2.05) is 36.4 Å². The molecule has 2 aromatic rings. The summed E-state index contributed by atoms with van der Waals surface area (Å²) in [5.74, 6) is 1.40. The maximum absolute atomic E-state index is 5.57. The Balaban J connectivity index is 1.61. The van der Waals surface area contributed by atoms with Crippen molar-refractivity contribution in [3.63, 3.8) is 0 Å². The zero-order valence-electron chi connectivity index (χ0n) is 9.41. The minimum atomic E-state index is 0.698. The fourth-order valence-electron chi connectivity index (χ4n) is 1.29. The molecule has 0 spiro atoms. The molecule has 0 unspecified atom stereocenters. The Morgan fingerprint density at radius 1 is 0.647 bits per heavy atom. The fraction of sp³-hybridized carbons (Fsp3) is 0.143. The number of hydrogen-bond acceptors (Lipinski definition) is 3. The van der Waals surface area contributed by atoms with Gasteiger partial charge in [0.05, 0.1) is 11.9 Å². The second-order valence-corrected chi connectivity index (χ2v) is 5.35. The minimum Gasteiger partial charge on any atom is -0.360 e. The van der Waals surface area contributed by atoms with Gasteiger partial charge in [-0.05, 0) is 24.3 Å². The maximum atomic E-state index is 5.57. The summed E-state index contributed by atoms with van der Waals surface area (Å²) in [7, 11) is 0. The van der Waals surface area contributed by atoms with Gasteiger partial charge in [0.1, 0.15) is 0 Å². The molecule has 17 heavy (non-hydrogen) atoms. The molecule has 1 nitrogen and oxygen atoms in total. The molecule has 0 bridgehead atoms. The lowest BCUT2D eigenvalue weighted by Gasteiger charge is -2.04. The largest absolute Gasteiger partial charge is 0.360 e. The lowest BCUT2D eigenvalue weighted by atomic mass is 10.4. The van der Waals surface area contributed by atoms with E-state index < -0.39 is 0 Å². The van der Waals surface area contributed by atoms with Gasteiger partial charge in [-0.2, -0.15) is 0 Å². The normalized spacial score (nSPS) is 10.4. The highest BCUT2D eigenvalue weighted by Gasteiger charge is 1.94. The Kier molecular flexibility index (Phi) is 5.49. The molecule has 0 aliphatic carbocycles. The van der Waals surface area contributed by atoms with Crippen LogP contribution in [0.4, 0.5) is 0 Å². The Bertz CT molecular complexity index is 375. The summed E-state index contributed by atoms with van der Waals surface area (Å²) in [6.07, 6.45) is 0. The van der Waals surface area contributed by atoms with Crippen molar-refractivity contribution in [2.24, 2.45) is 0 Å². The van der Waals surface area contributed by atoms with Crippen molar-refractivity contribution in [1.82, 2.24) is 0 Å². The van der Waals surface area contributed by atoms with Crippen molar-refractivity contribution in [3.8, 4) is 0 Å². The quantitative estimate of drug-likeness (QED) is 0.329. The Morgan fingerprint density at radius 3 is 1.47 bits per heavy atom. The van der Waals surface area contributed by atoms with Crippen LogP contribution in [-0.2, 0) is 4.74 Å². The highest BCUT2D eigenvalue weighted by atomic mass is 32.2. The SMILES string of the molecule is c1ccc(S[13CH2]O[13CH2]Sc2ccccc2)cc1. The van der Waals surface area contributed by atoms with Crippen LogP contribution in [0.5, 0.6) is 0 Å². The van der Waals surface area contributed by atoms with E-state index >= 15 is 0 Å². The van der Waals surface area contributed by atoms with E-state index in [1.54, 1.807) is 23.5 Å². The van der Waals surface area contributed by atoms with Crippen LogP contribution in [-0.4, -0.2) is 11.9 Å². The average Bonchev–Trinajstić information content (AvgIpc) is 2.41. The molecular weight excluding hydrogens is 250 g/mol. The molecule has 3 heteroatoms. The Labute approximate surface area is 111 Å². The fourth-order valence-corrected chi connectivity index (χ4v) is 2.70. The van der Waals surface area contributed by atoms with Gasteiger partial charge in [0.15, 0.2) is 0 Å². The lowest BCUT2D eigenvalue weighted by Crippen LogP contribution is -1.89. The van der Waals surface area contributed by atoms with Crippen molar-refractivity contribution in [1.29, 1.82) is 0 Å². The van der Waals surface area contributed by atoms with Gasteiger partial charge in [-0.3, -0.25) is 0 Å². The molecule has 0 saturated carbocycles. The summed E-state index contributed by atoms with van der Waals surface area (Å²) in [6, 6.07) is 20.6. The summed E-state index contributed by atoms with van der Waals surface area (Å²) >= 11 is 3.44. The van der Waals surface area contributed by atoms with E-state index in [0.29, 0.717) is 11.9 Å². The molecule has 0 amide bonds. The van der Waals surface area contributed by atoms with Crippen LogP contribution in [0.3, 0.4) is 0 Å². The molecular formula is C14H14OS2. The molecule has 0 aliphatic rings. The molecule has 0 aliphatic heterocycles. The van der Waals surface area contributed by atoms with Crippen LogP contribution in [0.25, 0.3) is 0 Å². The summed E-state index contributed by atoms with van der Waals surface area (Å²) in [5, 5.41) is 0. The van der Waals surface area contributed by atoms with Gasteiger partial charge in [0, 0.05) is 9.79 Å².